The van der Waals surface area contributed by atoms with Crippen LogP contribution in [0.1, 0.15) is 12.3 Å². The van der Waals surface area contributed by atoms with Gasteiger partial charge >= 0.3 is 6.43 Å². The van der Waals surface area contributed by atoms with E-state index in [1.54, 1.807) is 0 Å². The molecule has 0 aliphatic carbocycles. The number of rotatable bonds is 2. The minimum absolute atomic E-state index is 0.0400. The molecule has 1 heterocycles. The molecule has 0 unspecified atom stereocenters. The summed E-state index contributed by atoms with van der Waals surface area (Å²) in [5, 5.41) is 4.88. The van der Waals surface area contributed by atoms with Crippen molar-refractivity contribution in [1.82, 2.24) is 4.98 Å². The van der Waals surface area contributed by atoms with E-state index in [0.29, 0.717) is 0 Å². The lowest BCUT2D eigenvalue weighted by Gasteiger charge is -1.95. The molecule has 16 heavy (non-hydrogen) atoms. The highest BCUT2D eigenvalue weighted by molar-refractivity contribution is 7.89. The van der Waals surface area contributed by atoms with Gasteiger partial charge in [-0.3, -0.25) is 0 Å². The third-order valence-electron chi connectivity index (χ3n) is 1.89. The average Bonchev–Trinajstić information content (AvgIpc) is 2.58. The Hall–Kier alpha value is -1.54. The Bertz CT molecular complexity index is 636. The van der Waals surface area contributed by atoms with Crippen molar-refractivity contribution < 1.29 is 21.6 Å². The molecule has 0 atom stereocenters. The fourth-order valence-electron chi connectivity index (χ4n) is 1.19. The third-order valence-corrected chi connectivity index (χ3v) is 2.80. The van der Waals surface area contributed by atoms with Gasteiger partial charge in [0, 0.05) is 6.07 Å². The number of halogens is 2. The summed E-state index contributed by atoms with van der Waals surface area (Å²) < 4.78 is 51.1. The number of benzene rings is 1. The molecule has 0 saturated carbocycles. The number of nitrogens with zero attached hydrogens (tertiary/aromatic N) is 1. The number of hydrogen-bond donors (Lipinski definition) is 1. The van der Waals surface area contributed by atoms with Crippen LogP contribution in [0.4, 0.5) is 8.78 Å². The SMILES string of the molecule is NS(=O)(=O)c1ccc2nc(C(F)F)oc2c1. The van der Waals surface area contributed by atoms with Crippen LogP contribution in [0.5, 0.6) is 0 Å². The second-order valence-corrected chi connectivity index (χ2v) is 4.59. The molecule has 0 bridgehead atoms. The molecule has 0 saturated heterocycles. The third kappa shape index (κ3) is 1.89. The van der Waals surface area contributed by atoms with Crippen molar-refractivity contribution in [2.45, 2.75) is 11.3 Å². The van der Waals surface area contributed by atoms with Crippen LogP contribution in [-0.4, -0.2) is 13.4 Å². The number of sulfonamides is 1. The lowest BCUT2D eigenvalue weighted by molar-refractivity contribution is 0.117. The topological polar surface area (TPSA) is 86.2 Å². The molecule has 2 aromatic rings. The van der Waals surface area contributed by atoms with Gasteiger partial charge in [-0.15, -0.1) is 0 Å². The van der Waals surface area contributed by atoms with Gasteiger partial charge < -0.3 is 4.42 Å². The maximum atomic E-state index is 12.2. The first kappa shape index (κ1) is 11.0. The van der Waals surface area contributed by atoms with E-state index in [1.807, 2.05) is 0 Å². The number of aromatic nitrogens is 1. The second-order valence-electron chi connectivity index (χ2n) is 3.03. The first-order valence-corrected chi connectivity index (χ1v) is 5.64. The smallest absolute Gasteiger partial charge is 0.313 e. The van der Waals surface area contributed by atoms with Crippen molar-refractivity contribution in [3.05, 3.63) is 24.1 Å². The highest BCUT2D eigenvalue weighted by atomic mass is 32.2. The molecule has 2 rings (SSSR count). The Morgan fingerprint density at radius 2 is 2.06 bits per heavy atom. The number of hydrogen-bond acceptors (Lipinski definition) is 4. The molecule has 86 valence electrons. The summed E-state index contributed by atoms with van der Waals surface area (Å²) in [7, 11) is -3.88. The van der Waals surface area contributed by atoms with E-state index in [9.17, 15) is 17.2 Å². The molecule has 0 radical (unpaired) electrons. The van der Waals surface area contributed by atoms with Gasteiger partial charge in [0.15, 0.2) is 5.58 Å². The molecular weight excluding hydrogens is 242 g/mol. The Morgan fingerprint density at radius 3 is 2.62 bits per heavy atom. The Kier molecular flexibility index (Phi) is 2.39. The molecule has 0 fully saturated rings. The van der Waals surface area contributed by atoms with Crippen molar-refractivity contribution in [1.29, 1.82) is 0 Å². The standard InChI is InChI=1S/C8H6F2N2O3S/c9-7(10)8-12-5-2-1-4(16(11,13)14)3-6(5)15-8/h1-3,7H,(H2,11,13,14). The summed E-state index contributed by atoms with van der Waals surface area (Å²) in [5.41, 5.74) is 0.115. The largest absolute Gasteiger partial charge is 0.435 e. The fraction of sp³-hybridized carbons (Fsp3) is 0.125. The number of fused-ring (bicyclic) bond motifs is 1. The van der Waals surface area contributed by atoms with E-state index in [4.69, 9.17) is 5.14 Å². The number of primary sulfonamides is 1. The summed E-state index contributed by atoms with van der Waals surface area (Å²) in [6.45, 7) is 0. The molecular formula is C8H6F2N2O3S. The summed E-state index contributed by atoms with van der Waals surface area (Å²) >= 11 is 0. The van der Waals surface area contributed by atoms with E-state index in [0.717, 1.165) is 6.07 Å². The average molecular weight is 248 g/mol. The van der Waals surface area contributed by atoms with E-state index < -0.39 is 22.3 Å². The lowest BCUT2D eigenvalue weighted by atomic mass is 10.3. The van der Waals surface area contributed by atoms with Crippen molar-refractivity contribution in [2.24, 2.45) is 5.14 Å². The maximum Gasteiger partial charge on any atom is 0.313 e. The molecule has 5 nitrogen and oxygen atoms in total. The first-order chi connectivity index (χ1) is 7.38. The van der Waals surface area contributed by atoms with Crippen LogP contribution in [-0.2, 0) is 10.0 Å². The van der Waals surface area contributed by atoms with Crippen molar-refractivity contribution >= 4 is 21.1 Å². The van der Waals surface area contributed by atoms with Crippen LogP contribution in [0.2, 0.25) is 0 Å². The van der Waals surface area contributed by atoms with Gasteiger partial charge in [-0.2, -0.15) is 8.78 Å². The van der Waals surface area contributed by atoms with Crippen LogP contribution in [0, 0.1) is 0 Å². The van der Waals surface area contributed by atoms with Gasteiger partial charge in [-0.25, -0.2) is 18.5 Å². The lowest BCUT2D eigenvalue weighted by Crippen LogP contribution is -2.11. The molecule has 0 aliphatic rings. The van der Waals surface area contributed by atoms with Crippen LogP contribution >= 0.6 is 0 Å². The van der Waals surface area contributed by atoms with Crippen LogP contribution < -0.4 is 5.14 Å². The van der Waals surface area contributed by atoms with Gasteiger partial charge in [0.05, 0.1) is 4.90 Å². The zero-order chi connectivity index (χ0) is 11.9. The van der Waals surface area contributed by atoms with Gasteiger partial charge in [0.1, 0.15) is 5.52 Å². The van der Waals surface area contributed by atoms with E-state index in [-0.39, 0.29) is 16.0 Å². The fourth-order valence-corrected chi connectivity index (χ4v) is 1.72. The zero-order valence-electron chi connectivity index (χ0n) is 7.72. The number of nitrogens with two attached hydrogens (primary N) is 1. The van der Waals surface area contributed by atoms with Gasteiger partial charge in [-0.1, -0.05) is 0 Å². The zero-order valence-corrected chi connectivity index (χ0v) is 8.54. The van der Waals surface area contributed by atoms with Crippen LogP contribution in [0.3, 0.4) is 0 Å². The number of alkyl halides is 2. The Balaban J connectivity index is 2.63. The van der Waals surface area contributed by atoms with E-state index in [1.165, 1.54) is 12.1 Å². The molecule has 1 aromatic heterocycles. The molecule has 2 N–H and O–H groups in total. The summed E-state index contributed by atoms with van der Waals surface area (Å²) in [4.78, 5) is 3.27. The van der Waals surface area contributed by atoms with Crippen molar-refractivity contribution in [3.63, 3.8) is 0 Å². The summed E-state index contributed by atoms with van der Waals surface area (Å²) in [6, 6.07) is 3.49. The predicted octanol–water partition coefficient (Wildman–Crippen LogP) is 1.41. The van der Waals surface area contributed by atoms with Crippen molar-refractivity contribution in [2.75, 3.05) is 0 Å². The summed E-state index contributed by atoms with van der Waals surface area (Å²) in [5.74, 6) is -0.749. The van der Waals surface area contributed by atoms with Gasteiger partial charge in [0.2, 0.25) is 10.0 Å². The van der Waals surface area contributed by atoms with Crippen molar-refractivity contribution in [3.8, 4) is 0 Å². The Morgan fingerprint density at radius 1 is 1.38 bits per heavy atom. The maximum absolute atomic E-state index is 12.2. The van der Waals surface area contributed by atoms with E-state index in [2.05, 4.69) is 9.40 Å². The molecule has 0 aliphatic heterocycles. The van der Waals surface area contributed by atoms with Gasteiger partial charge in [-0.05, 0) is 12.1 Å². The molecule has 8 heteroatoms. The normalized spacial score (nSPS) is 12.5. The highest BCUT2D eigenvalue weighted by Gasteiger charge is 2.17. The molecule has 1 aromatic carbocycles. The monoisotopic (exact) mass is 248 g/mol. The Labute approximate surface area is 88.9 Å². The van der Waals surface area contributed by atoms with Crippen LogP contribution in [0.15, 0.2) is 27.5 Å². The molecule has 0 spiro atoms. The molecule has 0 amide bonds. The van der Waals surface area contributed by atoms with Crippen LogP contribution in [0.25, 0.3) is 11.1 Å². The first-order valence-electron chi connectivity index (χ1n) is 4.09. The predicted molar refractivity (Wildman–Crippen MR) is 50.3 cm³/mol. The number of oxazole rings is 1. The second kappa shape index (κ2) is 3.49. The minimum atomic E-state index is -3.88. The quantitative estimate of drug-likeness (QED) is 0.870. The van der Waals surface area contributed by atoms with E-state index >= 15 is 0 Å². The highest BCUT2D eigenvalue weighted by Crippen LogP contribution is 2.24. The van der Waals surface area contributed by atoms with Gasteiger partial charge in [0.25, 0.3) is 5.89 Å². The minimum Gasteiger partial charge on any atom is -0.435 e. The summed E-state index contributed by atoms with van der Waals surface area (Å²) in [6.07, 6.45) is -2.84.